The number of thioether (sulfide) groups is 1. The van der Waals surface area contributed by atoms with E-state index in [2.05, 4.69) is 16.1 Å². The van der Waals surface area contributed by atoms with Crippen LogP contribution < -0.4 is 0 Å². The average Bonchev–Trinajstić information content (AvgIpc) is 3.18. The van der Waals surface area contributed by atoms with Crippen molar-refractivity contribution in [3.63, 3.8) is 0 Å². The first-order valence-corrected chi connectivity index (χ1v) is 9.12. The first-order chi connectivity index (χ1) is 10.3. The molecule has 1 aromatic carbocycles. The van der Waals surface area contributed by atoms with Gasteiger partial charge in [-0.05, 0) is 50.7 Å². The number of hydrogen-bond donors (Lipinski definition) is 0. The number of Topliss-reactive ketones (excluding diaryl/α,β-unsaturated/α-hetero) is 1. The number of benzene rings is 1. The van der Waals surface area contributed by atoms with E-state index in [1.165, 1.54) is 37.2 Å². The molecule has 2 saturated heterocycles. The van der Waals surface area contributed by atoms with Crippen molar-refractivity contribution in [3.05, 3.63) is 29.8 Å². The van der Waals surface area contributed by atoms with Gasteiger partial charge in [0.2, 0.25) is 0 Å². The highest BCUT2D eigenvalue weighted by Crippen LogP contribution is 2.21. The molecule has 1 unspecified atom stereocenters. The molecule has 2 fully saturated rings. The van der Waals surface area contributed by atoms with Crippen LogP contribution in [0.1, 0.15) is 29.6 Å². The summed E-state index contributed by atoms with van der Waals surface area (Å²) in [5, 5.41) is 0. The van der Waals surface area contributed by atoms with Gasteiger partial charge in [-0.1, -0.05) is 12.1 Å². The molecule has 2 heterocycles. The van der Waals surface area contributed by atoms with E-state index in [0.29, 0.717) is 12.6 Å². The predicted molar refractivity (Wildman–Crippen MR) is 88.2 cm³/mol. The molecule has 0 N–H and O–H groups in total. The first-order valence-electron chi connectivity index (χ1n) is 7.90. The van der Waals surface area contributed by atoms with E-state index in [1.54, 1.807) is 11.8 Å². The summed E-state index contributed by atoms with van der Waals surface area (Å²) in [6.45, 7) is 5.21. The van der Waals surface area contributed by atoms with Crippen LogP contribution in [0.25, 0.3) is 0 Å². The van der Waals surface area contributed by atoms with Crippen LogP contribution in [0.4, 0.5) is 0 Å². The second kappa shape index (κ2) is 6.95. The fraction of sp³-hybridized carbons (Fsp3) is 0.588. The molecule has 0 radical (unpaired) electrons. The number of likely N-dealkylation sites (tertiary alicyclic amines) is 2. The lowest BCUT2D eigenvalue weighted by atomic mass is 10.1. The number of carbonyl (C=O) groups is 1. The van der Waals surface area contributed by atoms with Gasteiger partial charge in [0.25, 0.3) is 0 Å². The van der Waals surface area contributed by atoms with Crippen molar-refractivity contribution in [3.8, 4) is 0 Å². The second-order valence-electron chi connectivity index (χ2n) is 6.07. The standard InChI is InChI=1S/C17H24N2OS/c1-21-16-6-4-14(5-7-16)17(20)13-18-11-8-15(12-18)19-9-2-3-10-19/h4-7,15H,2-3,8-13H2,1H3. The van der Waals surface area contributed by atoms with Crippen LogP contribution in [0.2, 0.25) is 0 Å². The van der Waals surface area contributed by atoms with Gasteiger partial charge < -0.3 is 0 Å². The number of hydrogen-bond acceptors (Lipinski definition) is 4. The van der Waals surface area contributed by atoms with Gasteiger partial charge in [-0.2, -0.15) is 0 Å². The van der Waals surface area contributed by atoms with Crippen molar-refractivity contribution in [2.45, 2.75) is 30.2 Å². The fourth-order valence-electron chi connectivity index (χ4n) is 3.43. The van der Waals surface area contributed by atoms with E-state index in [9.17, 15) is 4.79 Å². The molecule has 2 aliphatic rings. The van der Waals surface area contributed by atoms with Crippen LogP contribution in [-0.4, -0.2) is 60.6 Å². The summed E-state index contributed by atoms with van der Waals surface area (Å²) in [6, 6.07) is 8.67. The molecule has 0 aromatic heterocycles. The SMILES string of the molecule is CSc1ccc(C(=O)CN2CCC(N3CCCC3)C2)cc1. The zero-order valence-corrected chi connectivity index (χ0v) is 13.6. The highest BCUT2D eigenvalue weighted by Gasteiger charge is 2.29. The van der Waals surface area contributed by atoms with E-state index in [-0.39, 0.29) is 5.78 Å². The zero-order chi connectivity index (χ0) is 14.7. The summed E-state index contributed by atoms with van der Waals surface area (Å²) in [5.41, 5.74) is 0.845. The quantitative estimate of drug-likeness (QED) is 0.616. The highest BCUT2D eigenvalue weighted by atomic mass is 32.2. The molecule has 21 heavy (non-hydrogen) atoms. The molecule has 3 rings (SSSR count). The number of carbonyl (C=O) groups excluding carboxylic acids is 1. The van der Waals surface area contributed by atoms with Gasteiger partial charge in [0.05, 0.1) is 6.54 Å². The minimum atomic E-state index is 0.254. The Morgan fingerprint density at radius 3 is 2.57 bits per heavy atom. The Bertz CT molecular complexity index is 482. The lowest BCUT2D eigenvalue weighted by Crippen LogP contribution is -2.36. The number of rotatable bonds is 5. The molecule has 1 atom stereocenters. The summed E-state index contributed by atoms with van der Waals surface area (Å²) < 4.78 is 0. The average molecular weight is 304 g/mol. The van der Waals surface area contributed by atoms with Crippen molar-refractivity contribution >= 4 is 17.5 Å². The van der Waals surface area contributed by atoms with Crippen molar-refractivity contribution in [1.82, 2.24) is 9.80 Å². The number of ketones is 1. The Labute approximate surface area is 131 Å². The molecule has 3 nitrogen and oxygen atoms in total. The van der Waals surface area contributed by atoms with Crippen molar-refractivity contribution < 1.29 is 4.79 Å². The van der Waals surface area contributed by atoms with E-state index in [0.717, 1.165) is 18.7 Å². The largest absolute Gasteiger partial charge is 0.299 e. The summed E-state index contributed by atoms with van der Waals surface area (Å²) in [6.07, 6.45) is 5.96. The molecular formula is C17H24N2OS. The monoisotopic (exact) mass is 304 g/mol. The van der Waals surface area contributed by atoms with Gasteiger partial charge in [-0.15, -0.1) is 11.8 Å². The Morgan fingerprint density at radius 1 is 1.19 bits per heavy atom. The second-order valence-corrected chi connectivity index (χ2v) is 6.95. The van der Waals surface area contributed by atoms with Crippen LogP contribution in [-0.2, 0) is 0 Å². The Hall–Kier alpha value is -0.840. The van der Waals surface area contributed by atoms with Gasteiger partial charge in [0.1, 0.15) is 0 Å². The van der Waals surface area contributed by atoms with Crippen LogP contribution in [0.15, 0.2) is 29.2 Å². The maximum Gasteiger partial charge on any atom is 0.176 e. The summed E-state index contributed by atoms with van der Waals surface area (Å²) in [4.78, 5) is 18.5. The molecule has 0 aliphatic carbocycles. The molecule has 2 aliphatic heterocycles. The minimum absolute atomic E-state index is 0.254. The molecule has 0 bridgehead atoms. The van der Waals surface area contributed by atoms with E-state index < -0.39 is 0 Å². The summed E-state index contributed by atoms with van der Waals surface area (Å²) >= 11 is 1.71. The normalized spacial score (nSPS) is 23.8. The third kappa shape index (κ3) is 3.68. The van der Waals surface area contributed by atoms with Crippen LogP contribution in [0.3, 0.4) is 0 Å². The van der Waals surface area contributed by atoms with Crippen molar-refractivity contribution in [2.75, 3.05) is 39.0 Å². The third-order valence-electron chi connectivity index (χ3n) is 4.68. The smallest absolute Gasteiger partial charge is 0.176 e. The Morgan fingerprint density at radius 2 is 1.90 bits per heavy atom. The van der Waals surface area contributed by atoms with E-state index >= 15 is 0 Å². The summed E-state index contributed by atoms with van der Waals surface area (Å²) in [5.74, 6) is 0.254. The molecule has 114 valence electrons. The molecule has 0 amide bonds. The van der Waals surface area contributed by atoms with E-state index in [1.807, 2.05) is 24.3 Å². The van der Waals surface area contributed by atoms with Crippen LogP contribution in [0, 0.1) is 0 Å². The van der Waals surface area contributed by atoms with Crippen molar-refractivity contribution in [1.29, 1.82) is 0 Å². The molecule has 0 spiro atoms. The molecule has 0 saturated carbocycles. The number of nitrogens with zero attached hydrogens (tertiary/aromatic N) is 2. The molecule has 1 aromatic rings. The third-order valence-corrected chi connectivity index (χ3v) is 5.43. The van der Waals surface area contributed by atoms with Gasteiger partial charge >= 0.3 is 0 Å². The predicted octanol–water partition coefficient (Wildman–Crippen LogP) is 2.76. The first kappa shape index (κ1) is 15.1. The molecule has 4 heteroatoms. The lowest BCUT2D eigenvalue weighted by Gasteiger charge is -2.23. The van der Waals surface area contributed by atoms with E-state index in [4.69, 9.17) is 0 Å². The lowest BCUT2D eigenvalue weighted by molar-refractivity contribution is 0.0940. The van der Waals surface area contributed by atoms with Crippen LogP contribution in [0.5, 0.6) is 0 Å². The van der Waals surface area contributed by atoms with Gasteiger partial charge in [0, 0.05) is 29.6 Å². The minimum Gasteiger partial charge on any atom is -0.299 e. The fourth-order valence-corrected chi connectivity index (χ4v) is 3.84. The zero-order valence-electron chi connectivity index (χ0n) is 12.8. The van der Waals surface area contributed by atoms with Crippen LogP contribution >= 0.6 is 11.8 Å². The van der Waals surface area contributed by atoms with Gasteiger partial charge in [0.15, 0.2) is 5.78 Å². The maximum atomic E-state index is 12.4. The Balaban J connectivity index is 1.52. The van der Waals surface area contributed by atoms with Gasteiger partial charge in [-0.3, -0.25) is 14.6 Å². The highest BCUT2D eigenvalue weighted by molar-refractivity contribution is 7.98. The van der Waals surface area contributed by atoms with Crippen molar-refractivity contribution in [2.24, 2.45) is 0 Å². The summed E-state index contributed by atoms with van der Waals surface area (Å²) in [7, 11) is 0. The maximum absolute atomic E-state index is 12.4. The molecular weight excluding hydrogens is 280 g/mol. The Kier molecular flexibility index (Phi) is 4.99. The van der Waals surface area contributed by atoms with Gasteiger partial charge in [-0.25, -0.2) is 0 Å². The topological polar surface area (TPSA) is 23.6 Å².